The van der Waals surface area contributed by atoms with Crippen molar-refractivity contribution in [2.24, 2.45) is 5.41 Å². The number of benzene rings is 1. The maximum atomic E-state index is 12.9. The Hall–Kier alpha value is -1.45. The number of likely N-dealkylation sites (tertiary alicyclic amines) is 1. The molecular formula is C13H15F2NO. The lowest BCUT2D eigenvalue weighted by Gasteiger charge is -2.52. The van der Waals surface area contributed by atoms with E-state index in [0.717, 1.165) is 5.56 Å². The van der Waals surface area contributed by atoms with Crippen molar-refractivity contribution in [3.05, 3.63) is 35.9 Å². The van der Waals surface area contributed by atoms with Crippen LogP contribution < -0.4 is 0 Å². The Morgan fingerprint density at radius 1 is 1.29 bits per heavy atom. The molecule has 1 aromatic carbocycles. The minimum Gasteiger partial charge on any atom is -0.328 e. The largest absolute Gasteiger partial charge is 0.328 e. The van der Waals surface area contributed by atoms with E-state index in [-0.39, 0.29) is 12.5 Å². The average Bonchev–Trinajstić information content (AvgIpc) is 2.28. The zero-order valence-electron chi connectivity index (χ0n) is 9.86. The van der Waals surface area contributed by atoms with Gasteiger partial charge in [0.2, 0.25) is 5.91 Å². The second-order valence-corrected chi connectivity index (χ2v) is 4.92. The Labute approximate surface area is 99.2 Å². The molecule has 4 heteroatoms. The summed E-state index contributed by atoms with van der Waals surface area (Å²) < 4.78 is 25.8. The first kappa shape index (κ1) is 12.0. The van der Waals surface area contributed by atoms with Crippen LogP contribution in [0.4, 0.5) is 8.78 Å². The van der Waals surface area contributed by atoms with E-state index >= 15 is 0 Å². The van der Waals surface area contributed by atoms with E-state index < -0.39 is 17.9 Å². The summed E-state index contributed by atoms with van der Waals surface area (Å²) in [6, 6.07) is 8.22. The number of nitrogens with zero attached hydrogens (tertiary/aromatic N) is 1. The molecule has 1 saturated heterocycles. The van der Waals surface area contributed by atoms with Gasteiger partial charge in [-0.1, -0.05) is 30.3 Å². The molecule has 0 N–H and O–H groups in total. The van der Waals surface area contributed by atoms with Crippen molar-refractivity contribution in [1.82, 2.24) is 4.90 Å². The molecule has 1 aliphatic heterocycles. The molecule has 92 valence electrons. The molecule has 0 radical (unpaired) electrons. The number of amides is 1. The number of β-lactam (4-membered cyclic amide) rings is 1. The zero-order chi connectivity index (χ0) is 12.6. The van der Waals surface area contributed by atoms with E-state index in [0.29, 0.717) is 0 Å². The lowest BCUT2D eigenvalue weighted by Crippen LogP contribution is -2.68. The highest BCUT2D eigenvalue weighted by Crippen LogP contribution is 2.42. The highest BCUT2D eigenvalue weighted by atomic mass is 19.3. The number of hydrogen-bond donors (Lipinski definition) is 0. The van der Waals surface area contributed by atoms with Gasteiger partial charge in [-0.3, -0.25) is 4.79 Å². The standard InChI is InChI=1S/C13H15F2NO/c1-13(2)10(11(14)15)16(12(13)17)8-9-6-4-3-5-7-9/h3-7,10-11H,8H2,1-2H3. The van der Waals surface area contributed by atoms with E-state index in [1.54, 1.807) is 13.8 Å². The molecule has 17 heavy (non-hydrogen) atoms. The van der Waals surface area contributed by atoms with Crippen molar-refractivity contribution in [2.75, 3.05) is 0 Å². The van der Waals surface area contributed by atoms with Crippen molar-refractivity contribution in [3.8, 4) is 0 Å². The summed E-state index contributed by atoms with van der Waals surface area (Å²) in [4.78, 5) is 13.1. The van der Waals surface area contributed by atoms with Crippen LogP contribution in [0.3, 0.4) is 0 Å². The predicted octanol–water partition coefficient (Wildman–Crippen LogP) is 2.69. The molecule has 2 nitrogen and oxygen atoms in total. The molecule has 1 amide bonds. The van der Waals surface area contributed by atoms with E-state index in [1.165, 1.54) is 4.90 Å². The van der Waals surface area contributed by atoms with Crippen LogP contribution in [0.2, 0.25) is 0 Å². The summed E-state index contributed by atoms with van der Waals surface area (Å²) >= 11 is 0. The minimum atomic E-state index is -2.49. The van der Waals surface area contributed by atoms with Gasteiger partial charge < -0.3 is 4.90 Å². The first-order valence-corrected chi connectivity index (χ1v) is 5.57. The molecule has 0 bridgehead atoms. The molecular weight excluding hydrogens is 224 g/mol. The number of hydrogen-bond acceptors (Lipinski definition) is 1. The summed E-state index contributed by atoms with van der Waals surface area (Å²) in [6.45, 7) is 3.42. The third-order valence-electron chi connectivity index (χ3n) is 3.32. The highest BCUT2D eigenvalue weighted by Gasteiger charge is 2.58. The van der Waals surface area contributed by atoms with E-state index in [1.807, 2.05) is 30.3 Å². The topological polar surface area (TPSA) is 20.3 Å². The van der Waals surface area contributed by atoms with Crippen LogP contribution in [0.5, 0.6) is 0 Å². The Kier molecular flexibility index (Phi) is 2.89. The van der Waals surface area contributed by atoms with Crippen LogP contribution >= 0.6 is 0 Å². The van der Waals surface area contributed by atoms with Crippen LogP contribution in [0.1, 0.15) is 19.4 Å². The Balaban J connectivity index is 2.14. The molecule has 1 aliphatic rings. The van der Waals surface area contributed by atoms with Gasteiger partial charge in [-0.15, -0.1) is 0 Å². The van der Waals surface area contributed by atoms with Crippen LogP contribution in [-0.4, -0.2) is 23.3 Å². The van der Waals surface area contributed by atoms with Gasteiger partial charge in [-0.05, 0) is 19.4 Å². The van der Waals surface area contributed by atoms with Crippen molar-refractivity contribution >= 4 is 5.91 Å². The zero-order valence-corrected chi connectivity index (χ0v) is 9.86. The summed E-state index contributed by atoms with van der Waals surface area (Å²) in [5, 5.41) is 0. The first-order chi connectivity index (χ1) is 7.94. The van der Waals surface area contributed by atoms with Crippen LogP contribution in [0.25, 0.3) is 0 Å². The van der Waals surface area contributed by atoms with Crippen LogP contribution in [-0.2, 0) is 11.3 Å². The number of halogens is 2. The van der Waals surface area contributed by atoms with Gasteiger partial charge in [0.15, 0.2) is 0 Å². The monoisotopic (exact) mass is 239 g/mol. The van der Waals surface area contributed by atoms with Gasteiger partial charge in [0.25, 0.3) is 6.43 Å². The summed E-state index contributed by atoms with van der Waals surface area (Å²) in [5.41, 5.74) is -0.0647. The third kappa shape index (κ3) is 1.92. The minimum absolute atomic E-state index is 0.202. The molecule has 1 fully saturated rings. The summed E-state index contributed by atoms with van der Waals surface area (Å²) in [7, 11) is 0. The van der Waals surface area contributed by atoms with E-state index in [2.05, 4.69) is 0 Å². The lowest BCUT2D eigenvalue weighted by atomic mass is 9.73. The molecule has 1 atom stereocenters. The lowest BCUT2D eigenvalue weighted by molar-refractivity contribution is -0.183. The van der Waals surface area contributed by atoms with Crippen molar-refractivity contribution in [3.63, 3.8) is 0 Å². The normalized spacial score (nSPS) is 22.8. The number of carbonyl (C=O) groups is 1. The second kappa shape index (κ2) is 4.09. The number of rotatable bonds is 3. The molecule has 0 spiro atoms. The van der Waals surface area contributed by atoms with Crippen molar-refractivity contribution in [1.29, 1.82) is 0 Å². The third-order valence-corrected chi connectivity index (χ3v) is 3.32. The molecule has 2 rings (SSSR count). The second-order valence-electron chi connectivity index (χ2n) is 4.92. The maximum Gasteiger partial charge on any atom is 0.259 e. The van der Waals surface area contributed by atoms with Gasteiger partial charge in [0.1, 0.15) is 6.04 Å². The van der Waals surface area contributed by atoms with E-state index in [9.17, 15) is 13.6 Å². The van der Waals surface area contributed by atoms with Gasteiger partial charge in [0, 0.05) is 6.54 Å². The van der Waals surface area contributed by atoms with Crippen molar-refractivity contribution < 1.29 is 13.6 Å². The molecule has 1 heterocycles. The fourth-order valence-electron chi connectivity index (χ4n) is 2.35. The van der Waals surface area contributed by atoms with Crippen LogP contribution in [0.15, 0.2) is 30.3 Å². The fraction of sp³-hybridized carbons (Fsp3) is 0.462. The van der Waals surface area contributed by atoms with Gasteiger partial charge >= 0.3 is 0 Å². The summed E-state index contributed by atoms with van der Waals surface area (Å²) in [5.74, 6) is -0.202. The Bertz CT molecular complexity index is 417. The Morgan fingerprint density at radius 2 is 1.88 bits per heavy atom. The molecule has 0 aromatic heterocycles. The van der Waals surface area contributed by atoms with Gasteiger partial charge in [0.05, 0.1) is 5.41 Å². The number of carbonyl (C=O) groups excluding carboxylic acids is 1. The number of alkyl halides is 2. The summed E-state index contributed by atoms with van der Waals surface area (Å²) in [6.07, 6.45) is -2.49. The first-order valence-electron chi connectivity index (χ1n) is 5.57. The SMILES string of the molecule is CC1(C)C(=O)N(Cc2ccccc2)C1C(F)F. The molecule has 1 aromatic rings. The van der Waals surface area contributed by atoms with Gasteiger partial charge in [-0.2, -0.15) is 0 Å². The maximum absolute atomic E-state index is 12.9. The molecule has 1 unspecified atom stereocenters. The van der Waals surface area contributed by atoms with Crippen molar-refractivity contribution in [2.45, 2.75) is 32.9 Å². The fourth-order valence-corrected chi connectivity index (χ4v) is 2.35. The van der Waals surface area contributed by atoms with Gasteiger partial charge in [-0.25, -0.2) is 8.78 Å². The quantitative estimate of drug-likeness (QED) is 0.743. The molecule has 0 saturated carbocycles. The highest BCUT2D eigenvalue weighted by molar-refractivity contribution is 5.89. The van der Waals surface area contributed by atoms with Crippen LogP contribution in [0, 0.1) is 5.41 Å². The average molecular weight is 239 g/mol. The Morgan fingerprint density at radius 3 is 2.41 bits per heavy atom. The predicted molar refractivity (Wildman–Crippen MR) is 60.6 cm³/mol. The molecule has 0 aliphatic carbocycles. The smallest absolute Gasteiger partial charge is 0.259 e. The van der Waals surface area contributed by atoms with E-state index in [4.69, 9.17) is 0 Å².